The smallest absolute Gasteiger partial charge is 0.316 e. The number of carbonyl (C=O) groups is 1. The molecule has 0 aliphatic heterocycles. The van der Waals surface area contributed by atoms with Crippen LogP contribution in [0.25, 0.3) is 11.1 Å². The van der Waals surface area contributed by atoms with E-state index in [4.69, 9.17) is 9.47 Å². The van der Waals surface area contributed by atoms with Crippen molar-refractivity contribution in [2.45, 2.75) is 53.9 Å². The molecule has 0 unspecified atom stereocenters. The third kappa shape index (κ3) is 7.82. The molecule has 3 rings (SSSR count). The molecule has 0 spiro atoms. The molecular formula is C34H43NO3. The van der Waals surface area contributed by atoms with Gasteiger partial charge in [0.15, 0.2) is 0 Å². The second-order valence-electron chi connectivity index (χ2n) is 11.3. The Labute approximate surface area is 229 Å². The fourth-order valence-electron chi connectivity index (χ4n) is 4.12. The fourth-order valence-corrected chi connectivity index (χ4v) is 4.12. The van der Waals surface area contributed by atoms with Gasteiger partial charge < -0.3 is 14.4 Å². The molecule has 38 heavy (non-hydrogen) atoms. The lowest BCUT2D eigenvalue weighted by Crippen LogP contribution is -2.25. The molecule has 0 aromatic heterocycles. The number of rotatable bonds is 10. The Hall–Kier alpha value is -3.37. The lowest BCUT2D eigenvalue weighted by Gasteiger charge is -2.19. The van der Waals surface area contributed by atoms with Crippen molar-refractivity contribution in [1.82, 2.24) is 4.90 Å². The lowest BCUT2D eigenvalue weighted by molar-refractivity contribution is -0.142. The van der Waals surface area contributed by atoms with Crippen LogP contribution < -0.4 is 9.47 Å². The molecule has 0 saturated carbocycles. The number of nitrogens with zero attached hydrogens (tertiary/aromatic N) is 1. The van der Waals surface area contributed by atoms with E-state index >= 15 is 0 Å². The van der Waals surface area contributed by atoms with Crippen LogP contribution in [0.15, 0.2) is 72.8 Å². The van der Waals surface area contributed by atoms with Gasteiger partial charge in [-0.15, -0.1) is 0 Å². The zero-order valence-corrected chi connectivity index (χ0v) is 24.3. The van der Waals surface area contributed by atoms with Crippen LogP contribution in [0.1, 0.15) is 76.1 Å². The van der Waals surface area contributed by atoms with Gasteiger partial charge in [0.2, 0.25) is 0 Å². The van der Waals surface area contributed by atoms with Crippen LogP contribution >= 0.6 is 0 Å². The summed E-state index contributed by atoms with van der Waals surface area (Å²) in [6.45, 7) is 13.7. The van der Waals surface area contributed by atoms with E-state index in [1.54, 1.807) is 0 Å². The van der Waals surface area contributed by atoms with Crippen molar-refractivity contribution < 1.29 is 14.3 Å². The largest absolute Gasteiger partial charge is 0.492 e. The topological polar surface area (TPSA) is 38.8 Å². The number of likely N-dealkylation sites (N-methyl/N-ethyl adjacent to an activating group) is 1. The van der Waals surface area contributed by atoms with Crippen LogP contribution in [0.3, 0.4) is 0 Å². The first-order valence-corrected chi connectivity index (χ1v) is 13.5. The predicted molar refractivity (Wildman–Crippen MR) is 159 cm³/mol. The molecule has 0 heterocycles. The van der Waals surface area contributed by atoms with Crippen molar-refractivity contribution in [2.75, 3.05) is 27.2 Å². The number of esters is 1. The van der Waals surface area contributed by atoms with Gasteiger partial charge >= 0.3 is 5.97 Å². The van der Waals surface area contributed by atoms with Crippen LogP contribution in [-0.4, -0.2) is 38.1 Å². The SMILES string of the molecule is CC/C(=C(/c1ccc(OCCN(C)C)cc1)c1ccc(OC(=O)C(C)(C)C)cc1)c1ccc(C(C)C)cc1. The Bertz CT molecular complexity index is 1210. The van der Waals surface area contributed by atoms with E-state index in [1.807, 2.05) is 71.3 Å². The quantitative estimate of drug-likeness (QED) is 0.156. The molecule has 0 saturated heterocycles. The second kappa shape index (κ2) is 12.9. The van der Waals surface area contributed by atoms with E-state index < -0.39 is 5.41 Å². The summed E-state index contributed by atoms with van der Waals surface area (Å²) in [5, 5.41) is 0. The van der Waals surface area contributed by atoms with E-state index in [0.717, 1.165) is 29.8 Å². The summed E-state index contributed by atoms with van der Waals surface area (Å²) < 4.78 is 11.6. The van der Waals surface area contributed by atoms with Crippen molar-refractivity contribution in [1.29, 1.82) is 0 Å². The number of ether oxygens (including phenoxy) is 2. The van der Waals surface area contributed by atoms with Gasteiger partial charge in [0.05, 0.1) is 5.41 Å². The molecule has 3 aromatic rings. The molecule has 0 fully saturated rings. The van der Waals surface area contributed by atoms with E-state index in [9.17, 15) is 4.79 Å². The van der Waals surface area contributed by atoms with Crippen molar-refractivity contribution in [3.8, 4) is 11.5 Å². The Balaban J connectivity index is 2.03. The Morgan fingerprint density at radius 1 is 0.789 bits per heavy atom. The van der Waals surface area contributed by atoms with Gasteiger partial charge in [0.1, 0.15) is 18.1 Å². The summed E-state index contributed by atoms with van der Waals surface area (Å²) in [5.74, 6) is 1.65. The zero-order valence-electron chi connectivity index (χ0n) is 24.3. The van der Waals surface area contributed by atoms with Gasteiger partial charge in [0, 0.05) is 6.54 Å². The summed E-state index contributed by atoms with van der Waals surface area (Å²) in [6, 6.07) is 25.1. The lowest BCUT2D eigenvalue weighted by atomic mass is 9.87. The minimum Gasteiger partial charge on any atom is -0.492 e. The van der Waals surface area contributed by atoms with Crippen molar-refractivity contribution >= 4 is 17.1 Å². The zero-order chi connectivity index (χ0) is 27.9. The predicted octanol–water partition coefficient (Wildman–Crippen LogP) is 8.07. The summed E-state index contributed by atoms with van der Waals surface area (Å²) in [6.07, 6.45) is 0.873. The van der Waals surface area contributed by atoms with E-state index in [2.05, 4.69) is 62.1 Å². The molecule has 0 aliphatic rings. The Morgan fingerprint density at radius 3 is 1.74 bits per heavy atom. The van der Waals surface area contributed by atoms with Gasteiger partial charge in [-0.05, 0) is 105 Å². The minimum atomic E-state index is -0.558. The van der Waals surface area contributed by atoms with Gasteiger partial charge in [-0.3, -0.25) is 4.79 Å². The van der Waals surface area contributed by atoms with Gasteiger partial charge in [-0.1, -0.05) is 69.3 Å². The Kier molecular flexibility index (Phi) is 9.93. The molecule has 4 heteroatoms. The fraction of sp³-hybridized carbons (Fsp3) is 0.382. The second-order valence-corrected chi connectivity index (χ2v) is 11.3. The van der Waals surface area contributed by atoms with E-state index in [-0.39, 0.29) is 5.97 Å². The maximum absolute atomic E-state index is 12.4. The van der Waals surface area contributed by atoms with E-state index in [1.165, 1.54) is 22.3 Å². The molecule has 0 radical (unpaired) electrons. The van der Waals surface area contributed by atoms with Crippen molar-refractivity contribution in [3.63, 3.8) is 0 Å². The minimum absolute atomic E-state index is 0.245. The van der Waals surface area contributed by atoms with Gasteiger partial charge in [-0.25, -0.2) is 0 Å². The molecule has 3 aromatic carbocycles. The first kappa shape index (κ1) is 29.2. The maximum atomic E-state index is 12.4. The highest BCUT2D eigenvalue weighted by molar-refractivity contribution is 5.98. The first-order valence-electron chi connectivity index (χ1n) is 13.5. The Morgan fingerprint density at radius 2 is 1.29 bits per heavy atom. The van der Waals surface area contributed by atoms with Crippen molar-refractivity contribution in [2.24, 2.45) is 5.41 Å². The van der Waals surface area contributed by atoms with Gasteiger partial charge in [-0.2, -0.15) is 0 Å². The third-order valence-corrected chi connectivity index (χ3v) is 6.50. The monoisotopic (exact) mass is 513 g/mol. The summed E-state index contributed by atoms with van der Waals surface area (Å²) >= 11 is 0. The molecule has 0 aliphatic carbocycles. The number of carbonyl (C=O) groups excluding carboxylic acids is 1. The first-order chi connectivity index (χ1) is 18.0. The van der Waals surface area contributed by atoms with Crippen LogP contribution in [-0.2, 0) is 4.79 Å². The highest BCUT2D eigenvalue weighted by Gasteiger charge is 2.24. The van der Waals surface area contributed by atoms with Crippen LogP contribution in [0, 0.1) is 5.41 Å². The molecule has 0 N–H and O–H groups in total. The summed E-state index contributed by atoms with van der Waals surface area (Å²) in [5.41, 5.74) is 6.61. The van der Waals surface area contributed by atoms with Crippen LogP contribution in [0.4, 0.5) is 0 Å². The van der Waals surface area contributed by atoms with Crippen molar-refractivity contribution in [3.05, 3.63) is 95.1 Å². The van der Waals surface area contributed by atoms with E-state index in [0.29, 0.717) is 18.3 Å². The molecule has 202 valence electrons. The van der Waals surface area contributed by atoms with Crippen LogP contribution in [0.5, 0.6) is 11.5 Å². The highest BCUT2D eigenvalue weighted by Crippen LogP contribution is 2.36. The molecule has 0 atom stereocenters. The maximum Gasteiger partial charge on any atom is 0.316 e. The number of hydrogen-bond donors (Lipinski definition) is 0. The number of hydrogen-bond acceptors (Lipinski definition) is 4. The molecule has 4 nitrogen and oxygen atoms in total. The summed E-state index contributed by atoms with van der Waals surface area (Å²) in [4.78, 5) is 14.5. The molecule has 0 bridgehead atoms. The van der Waals surface area contributed by atoms with Gasteiger partial charge in [0.25, 0.3) is 0 Å². The number of allylic oxidation sites excluding steroid dienone is 1. The average Bonchev–Trinajstić information content (AvgIpc) is 2.88. The standard InChI is InChI=1S/C34H43NO3/c1-9-31(26-12-10-25(11-13-26)24(2)3)32(27-14-18-29(19-15-27)37-23-22-35(7)8)28-16-20-30(21-17-28)38-33(36)34(4,5)6/h10-21,24H,9,22-23H2,1-8H3/b32-31+. The molecular weight excluding hydrogens is 470 g/mol. The highest BCUT2D eigenvalue weighted by atomic mass is 16.5. The summed E-state index contributed by atoms with van der Waals surface area (Å²) in [7, 11) is 4.08. The third-order valence-electron chi connectivity index (χ3n) is 6.50. The average molecular weight is 514 g/mol. The molecule has 0 amide bonds. The normalized spacial score (nSPS) is 12.5. The van der Waals surface area contributed by atoms with Crippen LogP contribution in [0.2, 0.25) is 0 Å². The number of benzene rings is 3.